The lowest BCUT2D eigenvalue weighted by Crippen LogP contribution is -2.13. The van der Waals surface area contributed by atoms with E-state index >= 15 is 0 Å². The van der Waals surface area contributed by atoms with E-state index in [9.17, 15) is 9.18 Å². The monoisotopic (exact) mass is 236 g/mol. The maximum absolute atomic E-state index is 13.1. The van der Waals surface area contributed by atoms with Gasteiger partial charge >= 0.3 is 0 Å². The largest absolute Gasteiger partial charge is 0.383 e. The molecule has 0 aliphatic rings. The molecule has 0 spiro atoms. The first-order valence-corrected chi connectivity index (χ1v) is 5.46. The predicted molar refractivity (Wildman–Crippen MR) is 65.7 cm³/mol. The molecule has 0 N–H and O–H groups in total. The maximum atomic E-state index is 13.1. The fourth-order valence-electron chi connectivity index (χ4n) is 1.42. The van der Waals surface area contributed by atoms with Gasteiger partial charge in [0.25, 0.3) is 0 Å². The van der Waals surface area contributed by atoms with E-state index < -0.39 is 5.95 Å². The van der Waals surface area contributed by atoms with Gasteiger partial charge in [-0.2, -0.15) is 4.39 Å². The average molecular weight is 236 g/mol. The molecule has 3 nitrogen and oxygen atoms in total. The molecule has 0 aromatic carbocycles. The molecule has 1 aromatic heterocycles. The Balaban J connectivity index is 3.21. The number of carbonyl (C=O) groups excluding carboxylic acids is 1. The van der Waals surface area contributed by atoms with Crippen LogP contribution in [0.2, 0.25) is 0 Å². The predicted octanol–water partition coefficient (Wildman–Crippen LogP) is 2.35. The average Bonchev–Trinajstić information content (AvgIpc) is 2.24. The van der Waals surface area contributed by atoms with E-state index in [4.69, 9.17) is 0 Å². The topological polar surface area (TPSA) is 33.2 Å². The molecule has 0 aliphatic carbocycles. The Bertz CT molecular complexity index is 439. The van der Waals surface area contributed by atoms with Crippen LogP contribution in [0.4, 0.5) is 4.39 Å². The van der Waals surface area contributed by atoms with Crippen molar-refractivity contribution in [3.63, 3.8) is 0 Å². The quantitative estimate of drug-likeness (QED) is 0.594. The van der Waals surface area contributed by atoms with Gasteiger partial charge < -0.3 is 4.90 Å². The van der Waals surface area contributed by atoms with Crippen molar-refractivity contribution in [1.29, 1.82) is 0 Å². The molecule has 1 aromatic rings. The zero-order chi connectivity index (χ0) is 13.0. The molecule has 0 atom stereocenters. The third kappa shape index (κ3) is 3.66. The van der Waals surface area contributed by atoms with Crippen molar-refractivity contribution >= 4 is 11.4 Å². The molecule has 0 bridgehead atoms. The Morgan fingerprint density at radius 3 is 2.59 bits per heavy atom. The van der Waals surface area contributed by atoms with Crippen LogP contribution in [0, 0.1) is 11.9 Å². The minimum atomic E-state index is -0.580. The summed E-state index contributed by atoms with van der Waals surface area (Å²) in [6.45, 7) is 3.65. The Kier molecular flexibility index (Phi) is 4.37. The summed E-state index contributed by atoms with van der Waals surface area (Å²) in [7, 11) is 3.65. The Hall–Kier alpha value is -1.71. The molecule has 4 heteroatoms. The van der Waals surface area contributed by atoms with Gasteiger partial charge in [-0.1, -0.05) is 13.8 Å². The number of allylic oxidation sites excluding steroid dienone is 1. The molecule has 0 saturated carbocycles. The van der Waals surface area contributed by atoms with Crippen molar-refractivity contribution in [2.45, 2.75) is 13.8 Å². The second kappa shape index (κ2) is 5.57. The van der Waals surface area contributed by atoms with Gasteiger partial charge in [0, 0.05) is 44.0 Å². The third-order valence-electron chi connectivity index (χ3n) is 2.21. The van der Waals surface area contributed by atoms with Crippen molar-refractivity contribution in [2.24, 2.45) is 5.92 Å². The van der Waals surface area contributed by atoms with Crippen LogP contribution in [0.15, 0.2) is 24.5 Å². The first-order valence-electron chi connectivity index (χ1n) is 5.46. The molecule has 0 fully saturated rings. The van der Waals surface area contributed by atoms with Gasteiger partial charge in [0.1, 0.15) is 0 Å². The van der Waals surface area contributed by atoms with Crippen LogP contribution >= 0.6 is 0 Å². The van der Waals surface area contributed by atoms with Crippen LogP contribution in [-0.4, -0.2) is 29.8 Å². The van der Waals surface area contributed by atoms with E-state index in [0.29, 0.717) is 11.1 Å². The number of carbonyl (C=O) groups is 1. The van der Waals surface area contributed by atoms with E-state index in [2.05, 4.69) is 4.98 Å². The molecule has 0 radical (unpaired) electrons. The summed E-state index contributed by atoms with van der Waals surface area (Å²) >= 11 is 0. The fourth-order valence-corrected chi connectivity index (χ4v) is 1.42. The van der Waals surface area contributed by atoms with E-state index in [-0.39, 0.29) is 11.7 Å². The minimum Gasteiger partial charge on any atom is -0.383 e. The van der Waals surface area contributed by atoms with Crippen LogP contribution in [-0.2, 0) is 4.79 Å². The summed E-state index contributed by atoms with van der Waals surface area (Å²) in [4.78, 5) is 17.3. The first kappa shape index (κ1) is 13.4. The summed E-state index contributed by atoms with van der Waals surface area (Å²) in [5.41, 5.74) is 1.07. The van der Waals surface area contributed by atoms with Crippen molar-refractivity contribution in [3.05, 3.63) is 36.0 Å². The lowest BCUT2D eigenvalue weighted by molar-refractivity contribution is -0.116. The van der Waals surface area contributed by atoms with E-state index in [1.54, 1.807) is 17.2 Å². The molecule has 1 heterocycles. The van der Waals surface area contributed by atoms with E-state index in [1.807, 2.05) is 27.9 Å². The first-order chi connectivity index (χ1) is 7.91. The second-order valence-electron chi connectivity index (χ2n) is 4.39. The number of ketones is 1. The van der Waals surface area contributed by atoms with Crippen LogP contribution < -0.4 is 0 Å². The maximum Gasteiger partial charge on any atom is 0.213 e. The Labute approximate surface area is 101 Å². The van der Waals surface area contributed by atoms with E-state index in [0.717, 1.165) is 0 Å². The van der Waals surface area contributed by atoms with Gasteiger partial charge in [0.15, 0.2) is 5.78 Å². The standard InChI is InChI=1S/C13H17FN2O/c1-9(2)13(17)11(8-16(3)4)10-5-6-15-12(14)7-10/h5-9H,1-4H3. The minimum absolute atomic E-state index is 0.00991. The lowest BCUT2D eigenvalue weighted by Gasteiger charge is -2.13. The van der Waals surface area contributed by atoms with Gasteiger partial charge in [0.2, 0.25) is 5.95 Å². The molecule has 0 unspecified atom stereocenters. The molecular formula is C13H17FN2O. The number of aromatic nitrogens is 1. The van der Waals surface area contributed by atoms with Gasteiger partial charge in [-0.3, -0.25) is 4.79 Å². The van der Waals surface area contributed by atoms with Gasteiger partial charge in [-0.25, -0.2) is 4.98 Å². The normalized spacial score (nSPS) is 11.8. The van der Waals surface area contributed by atoms with Crippen LogP contribution in [0.5, 0.6) is 0 Å². The molecule has 0 amide bonds. The molecule has 17 heavy (non-hydrogen) atoms. The highest BCUT2D eigenvalue weighted by atomic mass is 19.1. The van der Waals surface area contributed by atoms with E-state index in [1.165, 1.54) is 12.3 Å². The smallest absolute Gasteiger partial charge is 0.213 e. The van der Waals surface area contributed by atoms with Crippen LogP contribution in [0.1, 0.15) is 19.4 Å². The summed E-state index contributed by atoms with van der Waals surface area (Å²) in [6, 6.07) is 2.91. The molecule has 1 rings (SSSR count). The highest BCUT2D eigenvalue weighted by Crippen LogP contribution is 2.19. The van der Waals surface area contributed by atoms with Gasteiger partial charge in [0.05, 0.1) is 0 Å². The highest BCUT2D eigenvalue weighted by molar-refractivity contribution is 6.21. The van der Waals surface area contributed by atoms with Crippen molar-refractivity contribution in [3.8, 4) is 0 Å². The van der Waals surface area contributed by atoms with Crippen molar-refractivity contribution < 1.29 is 9.18 Å². The Morgan fingerprint density at radius 1 is 1.47 bits per heavy atom. The number of hydrogen-bond donors (Lipinski definition) is 0. The second-order valence-corrected chi connectivity index (χ2v) is 4.39. The highest BCUT2D eigenvalue weighted by Gasteiger charge is 2.16. The summed E-state index contributed by atoms with van der Waals surface area (Å²) in [5.74, 6) is -0.717. The van der Waals surface area contributed by atoms with Crippen LogP contribution in [0.25, 0.3) is 5.57 Å². The fraction of sp³-hybridized carbons (Fsp3) is 0.385. The SMILES string of the molecule is CC(C)C(=O)C(=CN(C)C)c1ccnc(F)c1. The lowest BCUT2D eigenvalue weighted by atomic mass is 9.96. The Morgan fingerprint density at radius 2 is 2.12 bits per heavy atom. The number of rotatable bonds is 4. The van der Waals surface area contributed by atoms with Crippen molar-refractivity contribution in [2.75, 3.05) is 14.1 Å². The number of nitrogens with zero attached hydrogens (tertiary/aromatic N) is 2. The molecular weight excluding hydrogens is 219 g/mol. The van der Waals surface area contributed by atoms with Crippen LogP contribution in [0.3, 0.4) is 0 Å². The summed E-state index contributed by atoms with van der Waals surface area (Å²) < 4.78 is 13.1. The van der Waals surface area contributed by atoms with Gasteiger partial charge in [-0.15, -0.1) is 0 Å². The summed E-state index contributed by atoms with van der Waals surface area (Å²) in [6.07, 6.45) is 3.07. The number of pyridine rings is 1. The number of halogens is 1. The number of hydrogen-bond acceptors (Lipinski definition) is 3. The zero-order valence-electron chi connectivity index (χ0n) is 10.6. The van der Waals surface area contributed by atoms with Crippen molar-refractivity contribution in [1.82, 2.24) is 9.88 Å². The summed E-state index contributed by atoms with van der Waals surface area (Å²) in [5, 5.41) is 0. The molecule has 0 aliphatic heterocycles. The molecule has 0 saturated heterocycles. The molecule has 92 valence electrons. The van der Waals surface area contributed by atoms with Gasteiger partial charge in [-0.05, 0) is 11.6 Å². The third-order valence-corrected chi connectivity index (χ3v) is 2.21. The zero-order valence-corrected chi connectivity index (χ0v) is 10.6. The number of Topliss-reactive ketones (excluding diaryl/α,β-unsaturated/α-hetero) is 1.